The van der Waals surface area contributed by atoms with Crippen molar-refractivity contribution in [3.05, 3.63) is 53.3 Å². The number of benzene rings is 1. The predicted molar refractivity (Wildman–Crippen MR) is 137 cm³/mol. The monoisotopic (exact) mass is 516 g/mol. The van der Waals surface area contributed by atoms with Crippen LogP contribution >= 0.6 is 0 Å². The Kier molecular flexibility index (Phi) is 6.09. The van der Waals surface area contributed by atoms with Gasteiger partial charge in [0.25, 0.3) is 0 Å². The van der Waals surface area contributed by atoms with Crippen LogP contribution in [0.25, 0.3) is 0 Å². The lowest BCUT2D eigenvalue weighted by Crippen LogP contribution is -2.51. The lowest BCUT2D eigenvalue weighted by molar-refractivity contribution is -0.137. The summed E-state index contributed by atoms with van der Waals surface area (Å²) in [6.07, 6.45) is 1.24. The molecule has 1 aromatic heterocycles. The number of nitrogens with one attached hydrogen (secondary N) is 2. The Morgan fingerprint density at radius 2 is 1.86 bits per heavy atom. The van der Waals surface area contributed by atoms with E-state index in [0.29, 0.717) is 17.9 Å². The van der Waals surface area contributed by atoms with E-state index in [9.17, 15) is 18.0 Å². The van der Waals surface area contributed by atoms with Gasteiger partial charge in [0.05, 0.1) is 22.8 Å². The standard InChI is InChI=1S/C29H39F3N4O/c1-26(2,3)36-13-11-21(35-36)20-16-22(33-24(20)17-8-7-9-19(14-17)29(30,31)32)25(37)34-23-15-18-10-12-28(23,6)27(18,4)5/h7-9,11,13-14,18,20,22-24,33H,10,12,15-16H2,1-6H3,(H,34,37)/t18-,20-,22+,23+,24+,28+/m1/s1. The molecular formula is C29H39F3N4O. The zero-order valence-electron chi connectivity index (χ0n) is 22.6. The molecule has 3 fully saturated rings. The third-order valence-electron chi connectivity index (χ3n) is 9.95. The van der Waals surface area contributed by atoms with E-state index < -0.39 is 23.8 Å². The van der Waals surface area contributed by atoms with Gasteiger partial charge in [-0.1, -0.05) is 32.9 Å². The van der Waals surface area contributed by atoms with Crippen molar-refractivity contribution in [3.8, 4) is 0 Å². The highest BCUT2D eigenvalue weighted by Gasteiger charge is 2.61. The van der Waals surface area contributed by atoms with E-state index in [1.54, 1.807) is 6.07 Å². The molecule has 1 aliphatic heterocycles. The van der Waals surface area contributed by atoms with Gasteiger partial charge >= 0.3 is 6.18 Å². The van der Waals surface area contributed by atoms with Gasteiger partial charge in [0, 0.05) is 24.2 Å². The third kappa shape index (κ3) is 4.39. The van der Waals surface area contributed by atoms with Gasteiger partial charge in [-0.15, -0.1) is 0 Å². The Hall–Kier alpha value is -2.35. The van der Waals surface area contributed by atoms with Crippen LogP contribution in [0.4, 0.5) is 13.2 Å². The first-order valence-electron chi connectivity index (χ1n) is 13.4. The topological polar surface area (TPSA) is 59.0 Å². The van der Waals surface area contributed by atoms with Crippen LogP contribution in [0.2, 0.25) is 0 Å². The summed E-state index contributed by atoms with van der Waals surface area (Å²) < 4.78 is 42.4. The maximum Gasteiger partial charge on any atom is 0.416 e. The van der Waals surface area contributed by atoms with Crippen LogP contribution in [-0.4, -0.2) is 27.8 Å². The molecule has 8 heteroatoms. The Morgan fingerprint density at radius 1 is 1.14 bits per heavy atom. The molecule has 5 rings (SSSR count). The molecule has 3 aliphatic rings. The number of halogens is 3. The van der Waals surface area contributed by atoms with Gasteiger partial charge in [0.1, 0.15) is 0 Å². The minimum Gasteiger partial charge on any atom is -0.351 e. The molecule has 2 aromatic rings. The molecule has 6 atom stereocenters. The minimum absolute atomic E-state index is 0.0528. The van der Waals surface area contributed by atoms with E-state index in [1.807, 2.05) is 16.9 Å². The Bertz CT molecular complexity index is 1180. The van der Waals surface area contributed by atoms with Crippen LogP contribution in [0.3, 0.4) is 0 Å². The molecule has 202 valence electrons. The summed E-state index contributed by atoms with van der Waals surface area (Å²) in [6.45, 7) is 13.1. The van der Waals surface area contributed by atoms with Crippen molar-refractivity contribution < 1.29 is 18.0 Å². The number of fused-ring (bicyclic) bond motifs is 2. The molecule has 0 radical (unpaired) electrons. The number of rotatable bonds is 4. The third-order valence-corrected chi connectivity index (χ3v) is 9.95. The fourth-order valence-corrected chi connectivity index (χ4v) is 7.11. The first-order chi connectivity index (χ1) is 17.1. The summed E-state index contributed by atoms with van der Waals surface area (Å²) in [4.78, 5) is 13.6. The normalized spacial score (nSPS) is 33.2. The summed E-state index contributed by atoms with van der Waals surface area (Å²) in [5.74, 6) is 0.311. The Morgan fingerprint density at radius 3 is 2.43 bits per heavy atom. The number of hydrogen-bond donors (Lipinski definition) is 2. The summed E-state index contributed by atoms with van der Waals surface area (Å²) in [5, 5.41) is 11.5. The first kappa shape index (κ1) is 26.3. The van der Waals surface area contributed by atoms with Crippen molar-refractivity contribution in [1.29, 1.82) is 0 Å². The van der Waals surface area contributed by atoms with Crippen molar-refractivity contribution in [1.82, 2.24) is 20.4 Å². The molecule has 0 unspecified atom stereocenters. The molecule has 1 amide bonds. The van der Waals surface area contributed by atoms with E-state index in [2.05, 4.69) is 52.2 Å². The van der Waals surface area contributed by atoms with Gasteiger partial charge in [-0.05, 0) is 87.0 Å². The Labute approximate surface area is 217 Å². The first-order valence-corrected chi connectivity index (χ1v) is 13.4. The highest BCUT2D eigenvalue weighted by Crippen LogP contribution is 2.65. The highest BCUT2D eigenvalue weighted by molar-refractivity contribution is 5.83. The number of aromatic nitrogens is 2. The van der Waals surface area contributed by atoms with Crippen LogP contribution in [0.5, 0.6) is 0 Å². The van der Waals surface area contributed by atoms with Crippen molar-refractivity contribution in [2.24, 2.45) is 16.7 Å². The Balaban J connectivity index is 1.42. The van der Waals surface area contributed by atoms with Crippen molar-refractivity contribution in [2.45, 2.75) is 103 Å². The average Bonchev–Trinajstić information content (AvgIpc) is 3.54. The molecule has 2 heterocycles. The number of amides is 1. The summed E-state index contributed by atoms with van der Waals surface area (Å²) in [5.41, 5.74) is 0.628. The number of carbonyl (C=O) groups is 1. The van der Waals surface area contributed by atoms with E-state index in [0.717, 1.165) is 24.6 Å². The molecule has 2 saturated carbocycles. The maximum absolute atomic E-state index is 13.6. The van der Waals surface area contributed by atoms with Crippen LogP contribution in [0.1, 0.15) is 96.0 Å². The molecule has 0 spiro atoms. The lowest BCUT2D eigenvalue weighted by Gasteiger charge is -2.39. The van der Waals surface area contributed by atoms with E-state index in [-0.39, 0.29) is 34.2 Å². The van der Waals surface area contributed by atoms with Gasteiger partial charge in [0.15, 0.2) is 0 Å². The fraction of sp³-hybridized carbons (Fsp3) is 0.655. The van der Waals surface area contributed by atoms with Gasteiger partial charge < -0.3 is 5.32 Å². The second-order valence-corrected chi connectivity index (χ2v) is 13.2. The number of alkyl halides is 3. The smallest absolute Gasteiger partial charge is 0.351 e. The van der Waals surface area contributed by atoms with Crippen LogP contribution in [0.15, 0.2) is 36.5 Å². The van der Waals surface area contributed by atoms with Gasteiger partial charge in [0.2, 0.25) is 5.91 Å². The van der Waals surface area contributed by atoms with Gasteiger partial charge in [-0.25, -0.2) is 0 Å². The molecule has 2 N–H and O–H groups in total. The SMILES string of the molecule is CC(C)(C)n1ccc([C@H]2C[C@@H](C(=O)N[C@H]3C[C@H]4CC[C@]3(C)C4(C)C)N[C@H]2c2cccc(C(F)(F)F)c2)n1. The number of carbonyl (C=O) groups excluding carboxylic acids is 1. The molecular weight excluding hydrogens is 477 g/mol. The molecule has 2 bridgehead atoms. The van der Waals surface area contributed by atoms with Gasteiger partial charge in [-0.2, -0.15) is 18.3 Å². The molecule has 5 nitrogen and oxygen atoms in total. The summed E-state index contributed by atoms with van der Waals surface area (Å²) in [7, 11) is 0. The zero-order chi connectivity index (χ0) is 27.0. The largest absolute Gasteiger partial charge is 0.416 e. The molecule has 37 heavy (non-hydrogen) atoms. The van der Waals surface area contributed by atoms with Crippen LogP contribution in [-0.2, 0) is 16.5 Å². The minimum atomic E-state index is -4.43. The quantitative estimate of drug-likeness (QED) is 0.511. The molecule has 1 aromatic carbocycles. The van der Waals surface area contributed by atoms with Crippen molar-refractivity contribution in [2.75, 3.05) is 0 Å². The predicted octanol–water partition coefficient (Wildman–Crippen LogP) is 6.17. The molecule has 1 saturated heterocycles. The zero-order valence-corrected chi connectivity index (χ0v) is 22.6. The van der Waals surface area contributed by atoms with E-state index in [4.69, 9.17) is 5.10 Å². The van der Waals surface area contributed by atoms with E-state index in [1.165, 1.54) is 18.6 Å². The van der Waals surface area contributed by atoms with E-state index >= 15 is 0 Å². The fourth-order valence-electron chi connectivity index (χ4n) is 7.11. The summed E-state index contributed by atoms with van der Waals surface area (Å²) in [6, 6.07) is 6.52. The van der Waals surface area contributed by atoms with Gasteiger partial charge in [-0.3, -0.25) is 14.8 Å². The number of hydrogen-bond acceptors (Lipinski definition) is 3. The van der Waals surface area contributed by atoms with Crippen molar-refractivity contribution >= 4 is 5.91 Å². The second-order valence-electron chi connectivity index (χ2n) is 13.2. The van der Waals surface area contributed by atoms with Crippen molar-refractivity contribution in [3.63, 3.8) is 0 Å². The number of nitrogens with zero attached hydrogens (tertiary/aromatic N) is 2. The average molecular weight is 517 g/mol. The van der Waals surface area contributed by atoms with Crippen LogP contribution < -0.4 is 10.6 Å². The lowest BCUT2D eigenvalue weighted by atomic mass is 9.69. The highest BCUT2D eigenvalue weighted by atomic mass is 19.4. The second kappa shape index (κ2) is 8.58. The molecule has 2 aliphatic carbocycles. The summed E-state index contributed by atoms with van der Waals surface area (Å²) >= 11 is 0. The van der Waals surface area contributed by atoms with Crippen LogP contribution in [0, 0.1) is 16.7 Å². The maximum atomic E-state index is 13.6.